The van der Waals surface area contributed by atoms with Gasteiger partial charge in [-0.3, -0.25) is 14.5 Å². The Hall–Kier alpha value is -2.14. The van der Waals surface area contributed by atoms with Crippen molar-refractivity contribution in [1.29, 1.82) is 0 Å². The summed E-state index contributed by atoms with van der Waals surface area (Å²) < 4.78 is 37.9. The standard InChI is InChI=1S/C22H34N6O8S/c1-37(33,34)28-10-15-9-26(2-3-35-15)22(32)16-4-13(7-27(16)8-14-6-23-12-24-14)25-19(29)5-17-20(30)21(31)18(11-28)36-17/h6,12-13,15-18,20-21,30-31H,2-5,7-11H2,1H3,(H,23,24)(H,25,29)/t13-,15-,16-,17-,18+,20-,21+/m0/s1. The fourth-order valence-corrected chi connectivity index (χ4v) is 6.51. The molecule has 4 aliphatic rings. The molecule has 0 aliphatic carbocycles. The Morgan fingerprint density at radius 3 is 2.65 bits per heavy atom. The Kier molecular flexibility index (Phi) is 7.55. The van der Waals surface area contributed by atoms with Crippen LogP contribution in [0.1, 0.15) is 18.5 Å². The molecule has 5 heterocycles. The fraction of sp³-hybridized carbons (Fsp3) is 0.773. The average molecular weight is 543 g/mol. The molecule has 6 bridgehead atoms. The number of aliphatic hydroxyl groups is 2. The molecule has 0 spiro atoms. The molecule has 4 saturated heterocycles. The van der Waals surface area contributed by atoms with Crippen LogP contribution in [0.25, 0.3) is 0 Å². The number of morpholine rings is 1. The zero-order chi connectivity index (χ0) is 26.3. The van der Waals surface area contributed by atoms with Crippen LogP contribution in [0.4, 0.5) is 0 Å². The van der Waals surface area contributed by atoms with Gasteiger partial charge in [0.25, 0.3) is 0 Å². The molecule has 0 saturated carbocycles. The van der Waals surface area contributed by atoms with Crippen molar-refractivity contribution in [2.75, 3.05) is 45.6 Å². The summed E-state index contributed by atoms with van der Waals surface area (Å²) in [6.45, 7) is 1.46. The van der Waals surface area contributed by atoms with Crippen molar-refractivity contribution in [1.82, 2.24) is 29.4 Å². The largest absolute Gasteiger partial charge is 0.388 e. The van der Waals surface area contributed by atoms with Crippen molar-refractivity contribution in [3.63, 3.8) is 0 Å². The number of likely N-dealkylation sites (tertiary alicyclic amines) is 1. The van der Waals surface area contributed by atoms with Crippen LogP contribution in [0.2, 0.25) is 0 Å². The van der Waals surface area contributed by atoms with Gasteiger partial charge in [0.05, 0.1) is 43.9 Å². The van der Waals surface area contributed by atoms with Crippen molar-refractivity contribution < 1.29 is 37.7 Å². The number of carbonyl (C=O) groups is 2. The third-order valence-corrected chi connectivity index (χ3v) is 8.78. The predicted molar refractivity (Wildman–Crippen MR) is 127 cm³/mol. The highest BCUT2D eigenvalue weighted by Crippen LogP contribution is 2.27. The summed E-state index contributed by atoms with van der Waals surface area (Å²) in [4.78, 5) is 37.3. The van der Waals surface area contributed by atoms with Gasteiger partial charge in [0, 0.05) is 57.2 Å². The molecule has 4 N–H and O–H groups in total. The summed E-state index contributed by atoms with van der Waals surface area (Å²) in [6.07, 6.45) is -0.785. The summed E-state index contributed by atoms with van der Waals surface area (Å²) in [6, 6.07) is -0.792. The third kappa shape index (κ3) is 5.82. The lowest BCUT2D eigenvalue weighted by Crippen LogP contribution is -2.55. The predicted octanol–water partition coefficient (Wildman–Crippen LogP) is -3.15. The van der Waals surface area contributed by atoms with Gasteiger partial charge in [-0.15, -0.1) is 0 Å². The van der Waals surface area contributed by atoms with Crippen molar-refractivity contribution in [3.05, 3.63) is 18.2 Å². The molecular weight excluding hydrogens is 508 g/mol. The summed E-state index contributed by atoms with van der Waals surface area (Å²) in [5.41, 5.74) is 0.835. The van der Waals surface area contributed by atoms with Crippen molar-refractivity contribution in [2.45, 2.75) is 62.0 Å². The Balaban J connectivity index is 1.42. The molecule has 0 aromatic carbocycles. The van der Waals surface area contributed by atoms with Gasteiger partial charge in [-0.25, -0.2) is 13.4 Å². The first-order valence-corrected chi connectivity index (χ1v) is 14.3. The van der Waals surface area contributed by atoms with E-state index in [4.69, 9.17) is 9.47 Å². The van der Waals surface area contributed by atoms with E-state index >= 15 is 0 Å². The summed E-state index contributed by atoms with van der Waals surface area (Å²) in [5.74, 6) is -0.480. The molecule has 1 aromatic heterocycles. The monoisotopic (exact) mass is 542 g/mol. The number of aliphatic hydroxyl groups excluding tert-OH is 2. The number of carbonyl (C=O) groups excluding carboxylic acids is 2. The molecule has 5 rings (SSSR count). The van der Waals surface area contributed by atoms with E-state index in [-0.39, 0.29) is 50.5 Å². The zero-order valence-corrected chi connectivity index (χ0v) is 21.4. The number of aromatic amines is 1. The second-order valence-corrected chi connectivity index (χ2v) is 12.3. The fourth-order valence-electron chi connectivity index (χ4n) is 5.66. The van der Waals surface area contributed by atoms with Crippen molar-refractivity contribution in [2.24, 2.45) is 0 Å². The number of nitrogens with zero attached hydrogens (tertiary/aromatic N) is 4. The topological polar surface area (TPSA) is 178 Å². The van der Waals surface area contributed by atoms with E-state index in [1.54, 1.807) is 17.4 Å². The van der Waals surface area contributed by atoms with Gasteiger partial charge in [0.1, 0.15) is 18.3 Å². The number of imidazole rings is 1. The van der Waals surface area contributed by atoms with Crippen LogP contribution in [-0.2, 0) is 35.6 Å². The van der Waals surface area contributed by atoms with Crippen LogP contribution in [0.15, 0.2) is 12.5 Å². The van der Waals surface area contributed by atoms with Gasteiger partial charge in [0.15, 0.2) is 0 Å². The van der Waals surface area contributed by atoms with Gasteiger partial charge < -0.3 is 34.9 Å². The molecular formula is C22H34N6O8S. The van der Waals surface area contributed by atoms with E-state index in [1.165, 1.54) is 0 Å². The second kappa shape index (κ2) is 10.6. The van der Waals surface area contributed by atoms with Crippen LogP contribution < -0.4 is 5.32 Å². The van der Waals surface area contributed by atoms with Crippen LogP contribution >= 0.6 is 0 Å². The van der Waals surface area contributed by atoms with E-state index < -0.39 is 46.6 Å². The highest BCUT2D eigenvalue weighted by atomic mass is 32.2. The molecule has 7 atom stereocenters. The lowest BCUT2D eigenvalue weighted by Gasteiger charge is -2.38. The van der Waals surface area contributed by atoms with Gasteiger partial charge >= 0.3 is 0 Å². The minimum atomic E-state index is -3.74. The summed E-state index contributed by atoms with van der Waals surface area (Å²) in [7, 11) is -3.74. The number of aromatic nitrogens is 2. The minimum Gasteiger partial charge on any atom is -0.388 e. The Bertz CT molecular complexity index is 1090. The number of amides is 2. The number of rotatable bonds is 3. The molecule has 4 fully saturated rings. The first-order chi connectivity index (χ1) is 17.6. The van der Waals surface area contributed by atoms with Crippen LogP contribution in [0, 0.1) is 0 Å². The molecule has 2 amide bonds. The number of fused-ring (bicyclic) bond motifs is 6. The average Bonchev–Trinajstić information content (AvgIpc) is 3.55. The quantitative estimate of drug-likeness (QED) is 0.305. The van der Waals surface area contributed by atoms with Gasteiger partial charge in [-0.05, 0) is 6.42 Å². The van der Waals surface area contributed by atoms with E-state index in [0.29, 0.717) is 26.1 Å². The zero-order valence-electron chi connectivity index (χ0n) is 20.6. The molecule has 15 heteroatoms. The van der Waals surface area contributed by atoms with E-state index in [2.05, 4.69) is 15.3 Å². The normalized spacial score (nSPS) is 36.6. The molecule has 37 heavy (non-hydrogen) atoms. The van der Waals surface area contributed by atoms with Gasteiger partial charge in [-0.1, -0.05) is 0 Å². The van der Waals surface area contributed by atoms with Gasteiger partial charge in [-0.2, -0.15) is 4.31 Å². The molecule has 14 nitrogen and oxygen atoms in total. The number of hydrogen-bond donors (Lipinski definition) is 4. The Labute approximate surface area is 214 Å². The van der Waals surface area contributed by atoms with E-state index in [1.807, 2.05) is 4.90 Å². The highest BCUT2D eigenvalue weighted by molar-refractivity contribution is 7.88. The number of H-pyrrole nitrogens is 1. The lowest BCUT2D eigenvalue weighted by atomic mass is 10.0. The highest BCUT2D eigenvalue weighted by Gasteiger charge is 2.46. The van der Waals surface area contributed by atoms with Gasteiger partial charge in [0.2, 0.25) is 21.8 Å². The van der Waals surface area contributed by atoms with Crippen molar-refractivity contribution >= 4 is 21.8 Å². The molecule has 1 aromatic rings. The number of nitrogens with one attached hydrogen (secondary N) is 2. The second-order valence-electron chi connectivity index (χ2n) is 10.3. The molecule has 4 aliphatic heterocycles. The maximum atomic E-state index is 13.7. The maximum absolute atomic E-state index is 13.7. The first-order valence-electron chi connectivity index (χ1n) is 12.5. The molecule has 0 unspecified atom stereocenters. The SMILES string of the molecule is CS(=O)(=O)N1C[C@@H]2CN(CCO2)C(=O)[C@@H]2C[C@@H](CN2Cc2cnc[nH]2)NC(=O)C[C@@H]2O[C@H](C1)[C@@H](O)[C@H]2O. The minimum absolute atomic E-state index is 0.0401. The molecule has 206 valence electrons. The molecule has 0 radical (unpaired) electrons. The lowest BCUT2D eigenvalue weighted by molar-refractivity contribution is -0.144. The maximum Gasteiger partial charge on any atom is 0.240 e. The smallest absolute Gasteiger partial charge is 0.240 e. The number of ether oxygens (including phenoxy) is 2. The van der Waals surface area contributed by atoms with Crippen LogP contribution in [0.3, 0.4) is 0 Å². The van der Waals surface area contributed by atoms with E-state index in [0.717, 1.165) is 16.3 Å². The van der Waals surface area contributed by atoms with Crippen LogP contribution in [0.5, 0.6) is 0 Å². The number of sulfonamides is 1. The van der Waals surface area contributed by atoms with Crippen molar-refractivity contribution in [3.8, 4) is 0 Å². The Morgan fingerprint density at radius 2 is 1.92 bits per heavy atom. The van der Waals surface area contributed by atoms with E-state index in [9.17, 15) is 28.2 Å². The number of hydrogen-bond acceptors (Lipinski definition) is 10. The van der Waals surface area contributed by atoms with Crippen LogP contribution in [-0.4, -0.2) is 143 Å². The third-order valence-electron chi connectivity index (χ3n) is 7.54. The summed E-state index contributed by atoms with van der Waals surface area (Å²) >= 11 is 0. The summed E-state index contributed by atoms with van der Waals surface area (Å²) in [5, 5.41) is 24.0. The Morgan fingerprint density at radius 1 is 1.14 bits per heavy atom. The first kappa shape index (κ1) is 26.5.